The third-order valence-electron chi connectivity index (χ3n) is 6.11. The first kappa shape index (κ1) is 19.3. The Bertz CT molecular complexity index is 1060. The number of hydrogen-bond acceptors (Lipinski definition) is 6. The lowest BCUT2D eigenvalue weighted by Crippen LogP contribution is -2.46. The van der Waals surface area contributed by atoms with Gasteiger partial charge in [0, 0.05) is 50.3 Å². The van der Waals surface area contributed by atoms with Gasteiger partial charge in [0.05, 0.1) is 10.2 Å². The average molecular weight is 424 g/mol. The number of aromatic nitrogens is 1. The molecule has 30 heavy (non-hydrogen) atoms. The van der Waals surface area contributed by atoms with Crippen molar-refractivity contribution in [3.8, 4) is 22.1 Å². The number of phenolic OH excluding ortho intramolecular Hbond substituents is 1. The van der Waals surface area contributed by atoms with Crippen LogP contribution in [0.2, 0.25) is 0 Å². The van der Waals surface area contributed by atoms with Crippen LogP contribution >= 0.6 is 11.3 Å². The minimum atomic E-state index is 0.156. The van der Waals surface area contributed by atoms with E-state index in [4.69, 9.17) is 9.72 Å². The predicted octanol–water partition coefficient (Wildman–Crippen LogP) is 3.87. The number of benzene rings is 2. The highest BCUT2D eigenvalue weighted by Gasteiger charge is 2.29. The van der Waals surface area contributed by atoms with E-state index in [-0.39, 0.29) is 11.7 Å². The molecule has 0 saturated carbocycles. The van der Waals surface area contributed by atoms with E-state index in [1.165, 1.54) is 0 Å². The van der Waals surface area contributed by atoms with Gasteiger partial charge in [-0.15, -0.1) is 11.3 Å². The number of phenols is 1. The highest BCUT2D eigenvalue weighted by atomic mass is 32.1. The molecule has 2 aliphatic heterocycles. The molecule has 1 N–H and O–H groups in total. The molecule has 1 amide bonds. The number of aromatic hydroxyl groups is 1. The van der Waals surface area contributed by atoms with E-state index >= 15 is 0 Å². The number of amides is 1. The van der Waals surface area contributed by atoms with Crippen LogP contribution in [-0.4, -0.2) is 58.1 Å². The van der Waals surface area contributed by atoms with E-state index in [1.807, 2.05) is 23.1 Å². The molecule has 156 valence electrons. The number of nitrogens with zero attached hydrogens (tertiary/aromatic N) is 3. The molecule has 5 rings (SSSR count). The first-order valence-electron chi connectivity index (χ1n) is 10.4. The highest BCUT2D eigenvalue weighted by Crippen LogP contribution is 2.40. The van der Waals surface area contributed by atoms with Crippen LogP contribution in [-0.2, 0) is 11.3 Å². The lowest BCUT2D eigenvalue weighted by molar-refractivity contribution is -0.130. The minimum absolute atomic E-state index is 0.156. The third kappa shape index (κ3) is 3.63. The largest absolute Gasteiger partial charge is 0.504 e. The Balaban J connectivity index is 1.42. The molecule has 0 bridgehead atoms. The Morgan fingerprint density at radius 3 is 2.77 bits per heavy atom. The molecule has 7 heteroatoms. The maximum atomic E-state index is 11.6. The number of carbonyl (C=O) groups excluding carboxylic acids is 1. The summed E-state index contributed by atoms with van der Waals surface area (Å²) in [6, 6.07) is 12.4. The molecule has 3 aromatic rings. The van der Waals surface area contributed by atoms with Gasteiger partial charge in [0.15, 0.2) is 11.5 Å². The topological polar surface area (TPSA) is 65.9 Å². The van der Waals surface area contributed by atoms with Crippen LogP contribution in [0.4, 0.5) is 0 Å². The number of carbonyl (C=O) groups is 1. The summed E-state index contributed by atoms with van der Waals surface area (Å²) in [6.45, 7) is 5.35. The van der Waals surface area contributed by atoms with Gasteiger partial charge >= 0.3 is 0 Å². The second-order valence-corrected chi connectivity index (χ2v) is 9.06. The molecule has 1 aromatic heterocycles. The number of hydrogen-bond donors (Lipinski definition) is 1. The number of piperidine rings is 1. The van der Waals surface area contributed by atoms with Gasteiger partial charge in [0.1, 0.15) is 11.6 Å². The number of rotatable bonds is 2. The zero-order valence-electron chi connectivity index (χ0n) is 17.0. The van der Waals surface area contributed by atoms with Crippen molar-refractivity contribution in [2.24, 2.45) is 0 Å². The van der Waals surface area contributed by atoms with Gasteiger partial charge in [-0.1, -0.05) is 12.1 Å². The Morgan fingerprint density at radius 1 is 1.20 bits per heavy atom. The monoisotopic (exact) mass is 423 g/mol. The Hall–Kier alpha value is -2.64. The van der Waals surface area contributed by atoms with E-state index < -0.39 is 0 Å². The summed E-state index contributed by atoms with van der Waals surface area (Å²) in [5.74, 6) is 0.918. The number of thiazole rings is 1. The first-order chi connectivity index (χ1) is 14.6. The molecule has 1 saturated heterocycles. The van der Waals surface area contributed by atoms with Gasteiger partial charge in [-0.3, -0.25) is 9.69 Å². The lowest BCUT2D eigenvalue weighted by atomic mass is 10.0. The maximum Gasteiger partial charge on any atom is 0.219 e. The summed E-state index contributed by atoms with van der Waals surface area (Å²) in [5, 5.41) is 11.6. The second kappa shape index (κ2) is 7.89. The van der Waals surface area contributed by atoms with Crippen LogP contribution in [0.1, 0.15) is 25.3 Å². The van der Waals surface area contributed by atoms with Gasteiger partial charge in [-0.25, -0.2) is 4.98 Å². The summed E-state index contributed by atoms with van der Waals surface area (Å²) in [5.41, 5.74) is 2.89. The molecule has 1 fully saturated rings. The number of likely N-dealkylation sites (tertiary alicyclic amines) is 1. The fraction of sp³-hybridized carbons (Fsp3) is 0.391. The van der Waals surface area contributed by atoms with Crippen molar-refractivity contribution >= 4 is 27.5 Å². The number of fused-ring (bicyclic) bond motifs is 2. The van der Waals surface area contributed by atoms with Crippen molar-refractivity contribution in [3.05, 3.63) is 42.0 Å². The molecular weight excluding hydrogens is 398 g/mol. The molecule has 0 aliphatic carbocycles. The van der Waals surface area contributed by atoms with Crippen molar-refractivity contribution in [1.82, 2.24) is 14.8 Å². The van der Waals surface area contributed by atoms with Crippen LogP contribution < -0.4 is 4.74 Å². The van der Waals surface area contributed by atoms with Crippen molar-refractivity contribution in [2.45, 2.75) is 32.4 Å². The fourth-order valence-corrected chi connectivity index (χ4v) is 5.45. The maximum absolute atomic E-state index is 11.6. The normalized spacial score (nSPS) is 18.1. The molecule has 2 aliphatic rings. The summed E-state index contributed by atoms with van der Waals surface area (Å²) < 4.78 is 7.07. The summed E-state index contributed by atoms with van der Waals surface area (Å²) in [7, 11) is 0. The standard InChI is InChI=1S/C23H25N3O3S/c1-15(27)25-8-6-18(7-9-25)26-10-11-29-22-17(14-26)12-16(13-20(22)28)23-24-19-4-2-3-5-21(19)30-23/h2-5,12-13,18,28H,6-11,14H2,1H3. The molecule has 6 nitrogen and oxygen atoms in total. The Morgan fingerprint density at radius 2 is 2.00 bits per heavy atom. The van der Waals surface area contributed by atoms with Gasteiger partial charge in [0.25, 0.3) is 0 Å². The van der Waals surface area contributed by atoms with Crippen molar-refractivity contribution in [3.63, 3.8) is 0 Å². The van der Waals surface area contributed by atoms with Crippen LogP contribution in [0.15, 0.2) is 36.4 Å². The molecule has 0 atom stereocenters. The molecular formula is C23H25N3O3S. The average Bonchev–Trinajstić information content (AvgIpc) is 3.07. The summed E-state index contributed by atoms with van der Waals surface area (Å²) >= 11 is 1.63. The van der Waals surface area contributed by atoms with Gasteiger partial charge < -0.3 is 14.7 Å². The predicted molar refractivity (Wildman–Crippen MR) is 118 cm³/mol. The molecule has 3 heterocycles. The Labute approximate surface area is 179 Å². The molecule has 0 spiro atoms. The minimum Gasteiger partial charge on any atom is -0.504 e. The number of para-hydroxylation sites is 1. The van der Waals surface area contributed by atoms with Crippen LogP contribution in [0, 0.1) is 0 Å². The van der Waals surface area contributed by atoms with Gasteiger partial charge in [0.2, 0.25) is 5.91 Å². The van der Waals surface area contributed by atoms with E-state index in [1.54, 1.807) is 24.3 Å². The number of ether oxygens (including phenoxy) is 1. The fourth-order valence-electron chi connectivity index (χ4n) is 4.50. The lowest BCUT2D eigenvalue weighted by Gasteiger charge is -2.37. The Kier molecular flexibility index (Phi) is 5.08. The molecule has 2 aromatic carbocycles. The van der Waals surface area contributed by atoms with Crippen molar-refractivity contribution < 1.29 is 14.6 Å². The van der Waals surface area contributed by atoms with E-state index in [9.17, 15) is 9.90 Å². The third-order valence-corrected chi connectivity index (χ3v) is 7.20. The van der Waals surface area contributed by atoms with Crippen molar-refractivity contribution in [1.29, 1.82) is 0 Å². The van der Waals surface area contributed by atoms with Crippen molar-refractivity contribution in [2.75, 3.05) is 26.2 Å². The molecule has 0 unspecified atom stereocenters. The SMILES string of the molecule is CC(=O)N1CCC(N2CCOc3c(O)cc(-c4nc5ccccc5s4)cc3C2)CC1. The zero-order valence-corrected chi connectivity index (χ0v) is 17.8. The van der Waals surface area contributed by atoms with Crippen LogP contribution in [0.3, 0.4) is 0 Å². The molecule has 0 radical (unpaired) electrons. The highest BCUT2D eigenvalue weighted by molar-refractivity contribution is 7.21. The van der Waals surface area contributed by atoms with Gasteiger partial charge in [-0.2, -0.15) is 0 Å². The quantitative estimate of drug-likeness (QED) is 0.678. The zero-order chi connectivity index (χ0) is 20.7. The second-order valence-electron chi connectivity index (χ2n) is 8.03. The first-order valence-corrected chi connectivity index (χ1v) is 11.2. The van der Waals surface area contributed by atoms with E-state index in [2.05, 4.69) is 17.0 Å². The van der Waals surface area contributed by atoms with Crippen LogP contribution in [0.5, 0.6) is 11.5 Å². The smallest absolute Gasteiger partial charge is 0.219 e. The van der Waals surface area contributed by atoms with Gasteiger partial charge in [-0.05, 0) is 37.1 Å². The summed E-state index contributed by atoms with van der Waals surface area (Å²) in [4.78, 5) is 20.7. The summed E-state index contributed by atoms with van der Waals surface area (Å²) in [6.07, 6.45) is 1.94. The van der Waals surface area contributed by atoms with Crippen LogP contribution in [0.25, 0.3) is 20.8 Å². The van der Waals surface area contributed by atoms with E-state index in [0.29, 0.717) is 18.4 Å². The van der Waals surface area contributed by atoms with E-state index in [0.717, 1.165) is 65.4 Å².